The third-order valence-corrected chi connectivity index (χ3v) is 4.57. The zero-order chi connectivity index (χ0) is 13.1. The van der Waals surface area contributed by atoms with Gasteiger partial charge in [0.15, 0.2) is 0 Å². The number of aliphatic hydroxyl groups is 2. The minimum atomic E-state index is -0.573. The van der Waals surface area contributed by atoms with Crippen LogP contribution >= 0.6 is 0 Å². The Morgan fingerprint density at radius 1 is 1.56 bits per heavy atom. The number of nitrogens with one attached hydrogen (secondary N) is 1. The van der Waals surface area contributed by atoms with Gasteiger partial charge in [-0.05, 0) is 25.7 Å². The van der Waals surface area contributed by atoms with Crippen LogP contribution in [0, 0.1) is 18.3 Å². The maximum atomic E-state index is 11.8. The van der Waals surface area contributed by atoms with Gasteiger partial charge in [-0.3, -0.25) is 14.3 Å². The maximum Gasteiger partial charge on any atom is 0.328 e. The summed E-state index contributed by atoms with van der Waals surface area (Å²) in [6.07, 6.45) is 2.16. The molecular weight excluding hydrogens is 236 g/mol. The van der Waals surface area contributed by atoms with Crippen molar-refractivity contribution in [1.82, 2.24) is 9.55 Å². The van der Waals surface area contributed by atoms with Crippen LogP contribution in [0.5, 0.6) is 0 Å². The summed E-state index contributed by atoms with van der Waals surface area (Å²) < 4.78 is 1.50. The summed E-state index contributed by atoms with van der Waals surface area (Å²) in [5.41, 5.74) is -0.762. The van der Waals surface area contributed by atoms with E-state index in [1.54, 1.807) is 13.1 Å². The van der Waals surface area contributed by atoms with Crippen molar-refractivity contribution >= 4 is 0 Å². The third kappa shape index (κ3) is 1.36. The van der Waals surface area contributed by atoms with Gasteiger partial charge in [0.05, 0.1) is 12.7 Å². The molecule has 2 aliphatic carbocycles. The molecule has 1 heterocycles. The first-order valence-electron chi connectivity index (χ1n) is 6.10. The highest BCUT2D eigenvalue weighted by atomic mass is 16.3. The first-order valence-corrected chi connectivity index (χ1v) is 6.10. The SMILES string of the molecule is Cc1cn([C@H]2C[C@H](O)C3(CO)C[C@H]23)c(=O)[nH]c1=O. The van der Waals surface area contributed by atoms with Crippen molar-refractivity contribution in [2.45, 2.75) is 31.9 Å². The van der Waals surface area contributed by atoms with Crippen molar-refractivity contribution in [3.63, 3.8) is 0 Å². The van der Waals surface area contributed by atoms with E-state index in [0.29, 0.717) is 12.0 Å². The summed E-state index contributed by atoms with van der Waals surface area (Å²) in [5, 5.41) is 19.4. The highest BCUT2D eigenvalue weighted by Crippen LogP contribution is 2.66. The van der Waals surface area contributed by atoms with Crippen LogP contribution < -0.4 is 11.2 Å². The zero-order valence-corrected chi connectivity index (χ0v) is 10.1. The number of aromatic nitrogens is 2. The Bertz CT molecular complexity index is 605. The van der Waals surface area contributed by atoms with Gasteiger partial charge in [0, 0.05) is 23.2 Å². The Hall–Kier alpha value is -1.40. The molecule has 2 aliphatic rings. The van der Waals surface area contributed by atoms with Crippen molar-refractivity contribution in [3.8, 4) is 0 Å². The minimum Gasteiger partial charge on any atom is -0.396 e. The second kappa shape index (κ2) is 3.55. The number of aliphatic hydroxyl groups excluding tert-OH is 2. The number of nitrogens with zero attached hydrogens (tertiary/aromatic N) is 1. The monoisotopic (exact) mass is 252 g/mol. The van der Waals surface area contributed by atoms with Gasteiger partial charge < -0.3 is 10.2 Å². The van der Waals surface area contributed by atoms with Crippen LogP contribution in [-0.2, 0) is 0 Å². The zero-order valence-electron chi connectivity index (χ0n) is 10.1. The molecule has 0 aromatic carbocycles. The molecule has 0 amide bonds. The number of H-pyrrole nitrogens is 1. The van der Waals surface area contributed by atoms with Crippen LogP contribution in [0.15, 0.2) is 15.8 Å². The van der Waals surface area contributed by atoms with E-state index in [1.807, 2.05) is 0 Å². The predicted molar refractivity (Wildman–Crippen MR) is 63.3 cm³/mol. The number of hydrogen-bond donors (Lipinski definition) is 3. The molecule has 0 radical (unpaired) electrons. The maximum absolute atomic E-state index is 11.8. The molecule has 0 saturated heterocycles. The Kier molecular flexibility index (Phi) is 2.30. The largest absolute Gasteiger partial charge is 0.396 e. The average Bonchev–Trinajstić information content (AvgIpc) is 3.01. The highest BCUT2D eigenvalue weighted by Gasteiger charge is 2.67. The molecule has 1 aromatic heterocycles. The molecule has 3 rings (SSSR count). The number of aryl methyl sites for hydroxylation is 1. The Morgan fingerprint density at radius 2 is 2.28 bits per heavy atom. The number of rotatable bonds is 2. The molecule has 2 fully saturated rings. The molecular formula is C12H16N2O4. The molecule has 4 atom stereocenters. The first kappa shape index (κ1) is 11.7. The van der Waals surface area contributed by atoms with E-state index < -0.39 is 17.2 Å². The molecule has 2 saturated carbocycles. The van der Waals surface area contributed by atoms with E-state index in [1.165, 1.54) is 4.57 Å². The lowest BCUT2D eigenvalue weighted by Crippen LogP contribution is -2.33. The van der Waals surface area contributed by atoms with Crippen LogP contribution in [0.1, 0.15) is 24.4 Å². The van der Waals surface area contributed by atoms with Crippen LogP contribution in [0.25, 0.3) is 0 Å². The van der Waals surface area contributed by atoms with E-state index >= 15 is 0 Å². The van der Waals surface area contributed by atoms with Crippen LogP contribution in [0.4, 0.5) is 0 Å². The molecule has 18 heavy (non-hydrogen) atoms. The van der Waals surface area contributed by atoms with Crippen molar-refractivity contribution < 1.29 is 10.2 Å². The van der Waals surface area contributed by atoms with Crippen LogP contribution in [0.3, 0.4) is 0 Å². The van der Waals surface area contributed by atoms with Crippen LogP contribution in [-0.4, -0.2) is 32.5 Å². The molecule has 1 unspecified atom stereocenters. The second-order valence-corrected chi connectivity index (χ2v) is 5.50. The quantitative estimate of drug-likeness (QED) is 0.639. The van der Waals surface area contributed by atoms with Gasteiger partial charge in [0.2, 0.25) is 0 Å². The van der Waals surface area contributed by atoms with E-state index in [2.05, 4.69) is 4.98 Å². The van der Waals surface area contributed by atoms with E-state index in [-0.39, 0.29) is 24.1 Å². The minimum absolute atomic E-state index is 0.0492. The molecule has 0 aliphatic heterocycles. The summed E-state index contributed by atoms with van der Waals surface area (Å²) in [6.45, 7) is 1.60. The van der Waals surface area contributed by atoms with E-state index in [0.717, 1.165) is 6.42 Å². The molecule has 6 nitrogen and oxygen atoms in total. The van der Waals surface area contributed by atoms with Crippen LogP contribution in [0.2, 0.25) is 0 Å². The lowest BCUT2D eigenvalue weighted by Gasteiger charge is -2.17. The fourth-order valence-corrected chi connectivity index (χ4v) is 3.31. The second-order valence-electron chi connectivity index (χ2n) is 5.50. The van der Waals surface area contributed by atoms with E-state index in [9.17, 15) is 19.8 Å². The highest BCUT2D eigenvalue weighted by molar-refractivity contribution is 5.17. The fourth-order valence-electron chi connectivity index (χ4n) is 3.31. The number of fused-ring (bicyclic) bond motifs is 1. The Morgan fingerprint density at radius 3 is 2.83 bits per heavy atom. The van der Waals surface area contributed by atoms with Gasteiger partial charge in [-0.2, -0.15) is 0 Å². The van der Waals surface area contributed by atoms with Crippen molar-refractivity contribution in [2.75, 3.05) is 6.61 Å². The molecule has 98 valence electrons. The summed E-state index contributed by atoms with van der Waals surface area (Å²) in [7, 11) is 0. The van der Waals surface area contributed by atoms with Gasteiger partial charge >= 0.3 is 5.69 Å². The van der Waals surface area contributed by atoms with Gasteiger partial charge in [0.25, 0.3) is 5.56 Å². The molecule has 3 N–H and O–H groups in total. The third-order valence-electron chi connectivity index (χ3n) is 4.57. The molecule has 0 spiro atoms. The number of aromatic amines is 1. The van der Waals surface area contributed by atoms with Crippen molar-refractivity contribution in [3.05, 3.63) is 32.6 Å². The summed E-state index contributed by atoms with van der Waals surface area (Å²) in [5.74, 6) is 0.125. The summed E-state index contributed by atoms with van der Waals surface area (Å²) in [6, 6.07) is -0.129. The lowest BCUT2D eigenvalue weighted by atomic mass is 10.0. The normalized spacial score (nSPS) is 37.6. The fraction of sp³-hybridized carbons (Fsp3) is 0.667. The Labute approximate surface area is 103 Å². The lowest BCUT2D eigenvalue weighted by molar-refractivity contribution is 0.0599. The topological polar surface area (TPSA) is 95.3 Å². The predicted octanol–water partition coefficient (Wildman–Crippen LogP) is -0.851. The number of hydrogen-bond acceptors (Lipinski definition) is 4. The average molecular weight is 252 g/mol. The van der Waals surface area contributed by atoms with Crippen molar-refractivity contribution in [2.24, 2.45) is 11.3 Å². The van der Waals surface area contributed by atoms with E-state index in [4.69, 9.17) is 0 Å². The standard InChI is InChI=1S/C12H16N2O4/c1-6-4-14(11(18)13-10(6)17)8-2-9(16)12(5-15)3-7(8)12/h4,7-9,15-16H,2-3,5H2,1H3,(H,13,17,18)/t7-,8+,9+,12?/m1/s1. The van der Waals surface area contributed by atoms with Crippen molar-refractivity contribution in [1.29, 1.82) is 0 Å². The summed E-state index contributed by atoms with van der Waals surface area (Å²) >= 11 is 0. The summed E-state index contributed by atoms with van der Waals surface area (Å²) in [4.78, 5) is 25.4. The molecule has 6 heteroatoms. The van der Waals surface area contributed by atoms with Gasteiger partial charge in [-0.1, -0.05) is 0 Å². The molecule has 0 bridgehead atoms. The Balaban J connectivity index is 2.02. The first-order chi connectivity index (χ1) is 8.49. The van der Waals surface area contributed by atoms with Gasteiger partial charge in [-0.25, -0.2) is 4.79 Å². The van der Waals surface area contributed by atoms with Gasteiger partial charge in [-0.15, -0.1) is 0 Å². The smallest absolute Gasteiger partial charge is 0.328 e. The van der Waals surface area contributed by atoms with Gasteiger partial charge in [0.1, 0.15) is 0 Å². The molecule has 1 aromatic rings.